The van der Waals surface area contributed by atoms with E-state index >= 15 is 0 Å². The Kier molecular flexibility index (Phi) is 4.23. The highest BCUT2D eigenvalue weighted by atomic mass is 16.5. The van der Waals surface area contributed by atoms with Gasteiger partial charge >= 0.3 is 0 Å². The summed E-state index contributed by atoms with van der Waals surface area (Å²) < 4.78 is 4.96. The van der Waals surface area contributed by atoms with Crippen LogP contribution in [0.5, 0.6) is 0 Å². The van der Waals surface area contributed by atoms with Gasteiger partial charge in [-0.3, -0.25) is 9.69 Å². The maximum Gasteiger partial charge on any atom is 0.219 e. The first-order valence-electron chi connectivity index (χ1n) is 3.20. The third-order valence-electron chi connectivity index (χ3n) is 1.49. The van der Waals surface area contributed by atoms with Gasteiger partial charge in [-0.15, -0.1) is 0 Å². The van der Waals surface area contributed by atoms with E-state index < -0.39 is 0 Å². The van der Waals surface area contributed by atoms with Gasteiger partial charge < -0.3 is 4.74 Å². The van der Waals surface area contributed by atoms with Crippen LogP contribution in [0.15, 0.2) is 0 Å². The van der Waals surface area contributed by atoms with Gasteiger partial charge in [-0.25, -0.2) is 0 Å². The van der Waals surface area contributed by atoms with Gasteiger partial charge in [0.25, 0.3) is 0 Å². The van der Waals surface area contributed by atoms with Crippen LogP contribution in [0.2, 0.25) is 0 Å². The van der Waals surface area contributed by atoms with Crippen LogP contribution in [0.25, 0.3) is 0 Å². The van der Waals surface area contributed by atoms with Gasteiger partial charge in [0.2, 0.25) is 6.29 Å². The summed E-state index contributed by atoms with van der Waals surface area (Å²) in [6, 6.07) is -0.259. The van der Waals surface area contributed by atoms with Gasteiger partial charge in [-0.1, -0.05) is 0 Å². The molecule has 0 saturated carbocycles. The van der Waals surface area contributed by atoms with Crippen LogP contribution >= 0.6 is 0 Å². The van der Waals surface area contributed by atoms with Crippen LogP contribution in [0.1, 0.15) is 6.92 Å². The summed E-state index contributed by atoms with van der Waals surface area (Å²) in [5, 5.41) is 0. The average Bonchev–Trinajstić information content (AvgIpc) is 1.88. The summed E-state index contributed by atoms with van der Waals surface area (Å²) in [7, 11) is 5.23. The van der Waals surface area contributed by atoms with Crippen LogP contribution in [-0.4, -0.2) is 44.5 Å². The van der Waals surface area contributed by atoms with Crippen LogP contribution in [0.4, 0.5) is 0 Å². The van der Waals surface area contributed by atoms with E-state index in [1.807, 2.05) is 27.3 Å². The Morgan fingerprint density at radius 2 is 2.00 bits per heavy atom. The lowest BCUT2D eigenvalue weighted by Gasteiger charge is -2.22. The molecular formula is C7H14NO2. The first-order valence-corrected chi connectivity index (χ1v) is 3.20. The first kappa shape index (κ1) is 9.59. The molecule has 0 bridgehead atoms. The Balaban J connectivity index is 3.92. The Morgan fingerprint density at radius 1 is 1.50 bits per heavy atom. The van der Waals surface area contributed by atoms with Gasteiger partial charge in [-0.05, 0) is 21.0 Å². The van der Waals surface area contributed by atoms with Gasteiger partial charge in [0.05, 0.1) is 6.10 Å². The third kappa shape index (κ3) is 2.45. The summed E-state index contributed by atoms with van der Waals surface area (Å²) in [6.07, 6.45) is 1.81. The smallest absolute Gasteiger partial charge is 0.219 e. The molecule has 0 aliphatic rings. The second-order valence-electron chi connectivity index (χ2n) is 2.47. The average molecular weight is 144 g/mol. The molecule has 0 aromatic carbocycles. The van der Waals surface area contributed by atoms with E-state index in [0.717, 1.165) is 0 Å². The van der Waals surface area contributed by atoms with Crippen LogP contribution in [0.3, 0.4) is 0 Å². The first-order chi connectivity index (χ1) is 4.63. The van der Waals surface area contributed by atoms with E-state index in [1.165, 1.54) is 0 Å². The Bertz CT molecular complexity index is 104. The molecule has 10 heavy (non-hydrogen) atoms. The molecule has 2 atom stereocenters. The van der Waals surface area contributed by atoms with Crippen molar-refractivity contribution in [1.82, 2.24) is 4.90 Å². The van der Waals surface area contributed by atoms with Crippen LogP contribution < -0.4 is 0 Å². The zero-order chi connectivity index (χ0) is 8.15. The number of nitrogens with zero attached hydrogens (tertiary/aromatic N) is 1. The van der Waals surface area contributed by atoms with Crippen molar-refractivity contribution < 1.29 is 9.53 Å². The SMILES string of the molecule is CO[C@H](C)[C@@H]([C]=O)N(C)C. The number of carbonyl (C=O) groups excluding carboxylic acids is 1. The largest absolute Gasteiger partial charge is 0.380 e. The minimum atomic E-state index is -0.259. The van der Waals surface area contributed by atoms with E-state index in [2.05, 4.69) is 0 Å². The van der Waals surface area contributed by atoms with Crippen molar-refractivity contribution in [2.75, 3.05) is 21.2 Å². The highest BCUT2D eigenvalue weighted by Crippen LogP contribution is 1.99. The van der Waals surface area contributed by atoms with Gasteiger partial charge in [0, 0.05) is 7.11 Å². The van der Waals surface area contributed by atoms with E-state index in [4.69, 9.17) is 4.74 Å². The van der Waals surface area contributed by atoms with Crippen molar-refractivity contribution in [3.05, 3.63) is 0 Å². The molecule has 0 aromatic rings. The monoisotopic (exact) mass is 144 g/mol. The van der Waals surface area contributed by atoms with Crippen molar-refractivity contribution in [2.24, 2.45) is 0 Å². The van der Waals surface area contributed by atoms with Gasteiger partial charge in [0.1, 0.15) is 6.04 Å². The van der Waals surface area contributed by atoms with Crippen molar-refractivity contribution in [3.63, 3.8) is 0 Å². The predicted molar refractivity (Wildman–Crippen MR) is 39.6 cm³/mol. The van der Waals surface area contributed by atoms with Crippen molar-refractivity contribution in [3.8, 4) is 0 Å². The molecule has 0 rings (SSSR count). The molecule has 0 aliphatic heterocycles. The molecule has 0 amide bonds. The Hall–Kier alpha value is -0.410. The second-order valence-corrected chi connectivity index (χ2v) is 2.47. The molecule has 0 spiro atoms. The predicted octanol–water partition coefficient (Wildman–Crippen LogP) is 0.0612. The molecule has 3 heteroatoms. The molecule has 0 N–H and O–H groups in total. The van der Waals surface area contributed by atoms with E-state index in [-0.39, 0.29) is 12.1 Å². The quantitative estimate of drug-likeness (QED) is 0.559. The summed E-state index contributed by atoms with van der Waals surface area (Å²) in [5.74, 6) is 0. The Labute approximate surface area is 62.0 Å². The van der Waals surface area contributed by atoms with Crippen molar-refractivity contribution in [1.29, 1.82) is 0 Å². The van der Waals surface area contributed by atoms with E-state index in [1.54, 1.807) is 12.0 Å². The lowest BCUT2D eigenvalue weighted by atomic mass is 10.2. The summed E-state index contributed by atoms with van der Waals surface area (Å²) in [6.45, 7) is 1.84. The third-order valence-corrected chi connectivity index (χ3v) is 1.49. The number of hydrogen-bond acceptors (Lipinski definition) is 3. The molecule has 0 heterocycles. The number of rotatable bonds is 4. The highest BCUT2D eigenvalue weighted by molar-refractivity contribution is 5.59. The fourth-order valence-corrected chi connectivity index (χ4v) is 0.750. The lowest BCUT2D eigenvalue weighted by Crippen LogP contribution is -2.39. The molecule has 0 aromatic heterocycles. The normalized spacial score (nSPS) is 16.9. The topological polar surface area (TPSA) is 29.5 Å². The number of likely N-dealkylation sites (N-methyl/N-ethyl adjacent to an activating group) is 1. The summed E-state index contributed by atoms with van der Waals surface area (Å²) >= 11 is 0. The molecule has 1 radical (unpaired) electrons. The molecular weight excluding hydrogens is 130 g/mol. The zero-order valence-corrected chi connectivity index (χ0v) is 6.92. The fourth-order valence-electron chi connectivity index (χ4n) is 0.750. The maximum atomic E-state index is 10.3. The number of ether oxygens (including phenoxy) is 1. The highest BCUT2D eigenvalue weighted by Gasteiger charge is 2.18. The van der Waals surface area contributed by atoms with E-state index in [9.17, 15) is 4.79 Å². The molecule has 0 unspecified atom stereocenters. The van der Waals surface area contributed by atoms with E-state index in [0.29, 0.717) is 0 Å². The zero-order valence-electron chi connectivity index (χ0n) is 6.92. The fraction of sp³-hybridized carbons (Fsp3) is 0.857. The van der Waals surface area contributed by atoms with Crippen molar-refractivity contribution >= 4 is 6.29 Å². The maximum absolute atomic E-state index is 10.3. The summed E-state index contributed by atoms with van der Waals surface area (Å²) in [4.78, 5) is 12.1. The van der Waals surface area contributed by atoms with Crippen molar-refractivity contribution in [2.45, 2.75) is 19.1 Å². The van der Waals surface area contributed by atoms with Gasteiger partial charge in [-0.2, -0.15) is 0 Å². The molecule has 0 fully saturated rings. The molecule has 0 aliphatic carbocycles. The Morgan fingerprint density at radius 3 is 2.10 bits per heavy atom. The lowest BCUT2D eigenvalue weighted by molar-refractivity contribution is 0.0708. The van der Waals surface area contributed by atoms with Crippen LogP contribution in [-0.2, 0) is 9.53 Å². The minimum Gasteiger partial charge on any atom is -0.380 e. The molecule has 59 valence electrons. The number of hydrogen-bond donors (Lipinski definition) is 0. The van der Waals surface area contributed by atoms with Crippen LogP contribution in [0, 0.1) is 0 Å². The molecule has 3 nitrogen and oxygen atoms in total. The minimum absolute atomic E-state index is 0.0903. The molecule has 0 saturated heterocycles. The standard InChI is InChI=1S/C7H14NO2/c1-6(10-4)7(5-9)8(2)3/h6-7H,1-4H3/t6-,7-/m1/s1. The second kappa shape index (κ2) is 4.41. The number of methoxy groups -OCH3 is 1. The summed E-state index contributed by atoms with van der Waals surface area (Å²) in [5.41, 5.74) is 0. The van der Waals surface area contributed by atoms with Gasteiger partial charge in [0.15, 0.2) is 0 Å².